The molecule has 2 rings (SSSR count). The summed E-state index contributed by atoms with van der Waals surface area (Å²) in [6.45, 7) is 8.69. The molecule has 19 heavy (non-hydrogen) atoms. The molecular formula is C17H27NO. The second-order valence-corrected chi connectivity index (χ2v) is 6.65. The Morgan fingerprint density at radius 2 is 1.79 bits per heavy atom. The lowest BCUT2D eigenvalue weighted by atomic mass is 9.55. The van der Waals surface area contributed by atoms with Crippen molar-refractivity contribution < 1.29 is 4.79 Å². The minimum atomic E-state index is -0.159. The number of carbonyl (C=O) groups excluding carboxylic acids is 1. The van der Waals surface area contributed by atoms with Gasteiger partial charge in [-0.2, -0.15) is 0 Å². The van der Waals surface area contributed by atoms with Crippen molar-refractivity contribution >= 4 is 5.91 Å². The number of rotatable bonds is 2. The smallest absolute Gasteiger partial charge is 0.225 e. The zero-order chi connectivity index (χ0) is 14.2. The van der Waals surface area contributed by atoms with Crippen molar-refractivity contribution in [2.75, 3.05) is 0 Å². The first-order chi connectivity index (χ1) is 8.89. The minimum absolute atomic E-state index is 0.0742. The quantitative estimate of drug-likeness (QED) is 0.803. The Morgan fingerprint density at radius 1 is 1.21 bits per heavy atom. The largest absolute Gasteiger partial charge is 0.369 e. The van der Waals surface area contributed by atoms with Crippen LogP contribution in [-0.2, 0) is 4.79 Å². The summed E-state index contributed by atoms with van der Waals surface area (Å²) in [4.78, 5) is 12.0. The number of amides is 1. The predicted octanol–water partition coefficient (Wildman–Crippen LogP) is 3.97. The first kappa shape index (κ1) is 14.4. The van der Waals surface area contributed by atoms with Gasteiger partial charge in [-0.25, -0.2) is 0 Å². The summed E-state index contributed by atoms with van der Waals surface area (Å²) in [5.74, 6) is 0.310. The molecule has 2 heteroatoms. The topological polar surface area (TPSA) is 43.1 Å². The zero-order valence-corrected chi connectivity index (χ0v) is 12.8. The highest BCUT2D eigenvalue weighted by molar-refractivity contribution is 5.82. The maximum atomic E-state index is 12.0. The van der Waals surface area contributed by atoms with Gasteiger partial charge >= 0.3 is 0 Å². The molecule has 0 bridgehead atoms. The van der Waals surface area contributed by atoms with Crippen molar-refractivity contribution in [1.82, 2.24) is 0 Å². The van der Waals surface area contributed by atoms with E-state index in [-0.39, 0.29) is 17.2 Å². The second kappa shape index (κ2) is 5.15. The molecule has 0 saturated heterocycles. The van der Waals surface area contributed by atoms with Crippen LogP contribution in [0.4, 0.5) is 0 Å². The van der Waals surface area contributed by atoms with E-state index in [0.29, 0.717) is 5.92 Å². The summed E-state index contributed by atoms with van der Waals surface area (Å²) >= 11 is 0. The summed E-state index contributed by atoms with van der Waals surface area (Å²) in [5.41, 5.74) is 9.50. The Hall–Kier alpha value is -1.05. The lowest BCUT2D eigenvalue weighted by molar-refractivity contribution is -0.124. The number of nitrogens with two attached hydrogens (primary N) is 1. The van der Waals surface area contributed by atoms with Gasteiger partial charge in [-0.15, -0.1) is 0 Å². The van der Waals surface area contributed by atoms with Crippen LogP contribution in [0.2, 0.25) is 0 Å². The first-order valence-electron chi connectivity index (χ1n) is 7.54. The summed E-state index contributed by atoms with van der Waals surface area (Å²) in [6, 6.07) is 0. The lowest BCUT2D eigenvalue weighted by Gasteiger charge is -2.48. The van der Waals surface area contributed by atoms with Gasteiger partial charge in [0.1, 0.15) is 0 Å². The summed E-state index contributed by atoms with van der Waals surface area (Å²) in [5, 5.41) is 0. The van der Waals surface area contributed by atoms with Gasteiger partial charge in [-0.1, -0.05) is 49.0 Å². The van der Waals surface area contributed by atoms with E-state index in [1.807, 2.05) is 0 Å². The van der Waals surface area contributed by atoms with Crippen LogP contribution in [-0.4, -0.2) is 5.91 Å². The molecule has 0 aliphatic heterocycles. The van der Waals surface area contributed by atoms with E-state index in [4.69, 9.17) is 5.73 Å². The molecule has 0 aromatic carbocycles. The first-order valence-corrected chi connectivity index (χ1v) is 7.54. The van der Waals surface area contributed by atoms with E-state index in [1.54, 1.807) is 0 Å². The van der Waals surface area contributed by atoms with Gasteiger partial charge in [0, 0.05) is 5.41 Å². The molecule has 1 amide bonds. The number of hydrogen-bond donors (Lipinski definition) is 1. The lowest BCUT2D eigenvalue weighted by Crippen LogP contribution is -2.46. The Labute approximate surface area is 117 Å². The van der Waals surface area contributed by atoms with Crippen LogP contribution < -0.4 is 5.73 Å². The van der Waals surface area contributed by atoms with Crippen molar-refractivity contribution in [3.8, 4) is 0 Å². The molecule has 2 aliphatic carbocycles. The van der Waals surface area contributed by atoms with Gasteiger partial charge in [0.2, 0.25) is 5.91 Å². The SMILES string of the molecule is CC1=CC(C)=C(C)C(C)(C2CCCCC2)C1C(N)=O. The Bertz CT molecular complexity index is 440. The van der Waals surface area contributed by atoms with Gasteiger partial charge in [0.15, 0.2) is 0 Å². The van der Waals surface area contributed by atoms with Crippen LogP contribution in [0.3, 0.4) is 0 Å². The minimum Gasteiger partial charge on any atom is -0.369 e. The fourth-order valence-electron chi connectivity index (χ4n) is 4.41. The van der Waals surface area contributed by atoms with Crippen LogP contribution in [0.25, 0.3) is 0 Å². The monoisotopic (exact) mass is 261 g/mol. The normalized spacial score (nSPS) is 33.3. The van der Waals surface area contributed by atoms with Crippen molar-refractivity contribution in [1.29, 1.82) is 0 Å². The third-order valence-electron chi connectivity index (χ3n) is 5.64. The fourth-order valence-corrected chi connectivity index (χ4v) is 4.41. The Kier molecular flexibility index (Phi) is 3.89. The maximum absolute atomic E-state index is 12.0. The summed E-state index contributed by atoms with van der Waals surface area (Å²) in [6.07, 6.45) is 8.54. The number of allylic oxidation sites excluding steroid dienone is 3. The number of primary amides is 1. The van der Waals surface area contributed by atoms with E-state index in [2.05, 4.69) is 33.8 Å². The van der Waals surface area contributed by atoms with Crippen molar-refractivity contribution in [2.45, 2.75) is 59.8 Å². The highest BCUT2D eigenvalue weighted by atomic mass is 16.1. The average Bonchev–Trinajstić information content (AvgIpc) is 2.36. The molecule has 1 fully saturated rings. The molecule has 0 aromatic rings. The molecular weight excluding hydrogens is 234 g/mol. The summed E-state index contributed by atoms with van der Waals surface area (Å²) in [7, 11) is 0. The fraction of sp³-hybridized carbons (Fsp3) is 0.706. The van der Waals surface area contributed by atoms with Gasteiger partial charge in [-0.05, 0) is 39.5 Å². The third kappa shape index (κ3) is 2.26. The van der Waals surface area contributed by atoms with Crippen LogP contribution in [0.15, 0.2) is 22.8 Å². The molecule has 0 heterocycles. The molecule has 0 radical (unpaired) electrons. The highest BCUT2D eigenvalue weighted by Gasteiger charge is 2.48. The van der Waals surface area contributed by atoms with Crippen LogP contribution in [0, 0.1) is 17.3 Å². The standard InChI is InChI=1S/C17H27NO/c1-11-10-12(2)15(16(18)19)17(4,13(11)3)14-8-6-5-7-9-14/h10,14-15H,5-9H2,1-4H3,(H2,18,19). The molecule has 2 aliphatic rings. The van der Waals surface area contributed by atoms with Crippen LogP contribution >= 0.6 is 0 Å². The maximum Gasteiger partial charge on any atom is 0.225 e. The average molecular weight is 261 g/mol. The number of carbonyl (C=O) groups is 1. The van der Waals surface area contributed by atoms with Crippen molar-refractivity contribution in [3.63, 3.8) is 0 Å². The van der Waals surface area contributed by atoms with E-state index in [9.17, 15) is 4.79 Å². The molecule has 0 spiro atoms. The van der Waals surface area contributed by atoms with Gasteiger partial charge < -0.3 is 5.73 Å². The van der Waals surface area contributed by atoms with E-state index < -0.39 is 0 Å². The number of hydrogen-bond acceptors (Lipinski definition) is 1. The van der Waals surface area contributed by atoms with E-state index in [1.165, 1.54) is 43.3 Å². The molecule has 106 valence electrons. The zero-order valence-electron chi connectivity index (χ0n) is 12.8. The molecule has 0 aromatic heterocycles. The van der Waals surface area contributed by atoms with Gasteiger partial charge in [0.05, 0.1) is 5.92 Å². The molecule has 2 atom stereocenters. The predicted molar refractivity (Wildman–Crippen MR) is 79.5 cm³/mol. The third-order valence-corrected chi connectivity index (χ3v) is 5.64. The van der Waals surface area contributed by atoms with Crippen LogP contribution in [0.1, 0.15) is 59.8 Å². The van der Waals surface area contributed by atoms with Crippen molar-refractivity contribution in [2.24, 2.45) is 23.0 Å². The Balaban J connectivity index is 2.48. The van der Waals surface area contributed by atoms with E-state index >= 15 is 0 Å². The van der Waals surface area contributed by atoms with Gasteiger partial charge in [-0.3, -0.25) is 4.79 Å². The molecule has 2 nitrogen and oxygen atoms in total. The van der Waals surface area contributed by atoms with Crippen molar-refractivity contribution in [3.05, 3.63) is 22.8 Å². The second-order valence-electron chi connectivity index (χ2n) is 6.65. The highest BCUT2D eigenvalue weighted by Crippen LogP contribution is 2.53. The summed E-state index contributed by atoms with van der Waals surface area (Å²) < 4.78 is 0. The van der Waals surface area contributed by atoms with Crippen LogP contribution in [0.5, 0.6) is 0 Å². The Morgan fingerprint density at radius 3 is 2.32 bits per heavy atom. The van der Waals surface area contributed by atoms with Gasteiger partial charge in [0.25, 0.3) is 0 Å². The molecule has 1 saturated carbocycles. The van der Waals surface area contributed by atoms with E-state index in [0.717, 1.165) is 5.57 Å². The molecule has 2 unspecified atom stereocenters. The molecule has 2 N–H and O–H groups in total.